The van der Waals surface area contributed by atoms with E-state index in [1.54, 1.807) is 36.4 Å². The Morgan fingerprint density at radius 1 is 1.22 bits per heavy atom. The van der Waals surface area contributed by atoms with Gasteiger partial charge in [-0.25, -0.2) is 22.9 Å². The van der Waals surface area contributed by atoms with Gasteiger partial charge in [0.05, 0.1) is 24.1 Å². The van der Waals surface area contributed by atoms with E-state index in [9.17, 15) is 18.0 Å². The van der Waals surface area contributed by atoms with E-state index in [2.05, 4.69) is 20.3 Å². The fourth-order valence-corrected chi connectivity index (χ4v) is 6.21. The molecule has 1 fully saturated rings. The van der Waals surface area contributed by atoms with Crippen molar-refractivity contribution in [2.75, 3.05) is 20.2 Å². The average molecular weight is 543 g/mol. The lowest BCUT2D eigenvalue weighted by atomic mass is 9.99. The second-order valence-corrected chi connectivity index (χ2v) is 11.1. The van der Waals surface area contributed by atoms with Crippen LogP contribution in [0.5, 0.6) is 0 Å². The molecule has 3 heterocycles. The molecule has 37 heavy (non-hydrogen) atoms. The summed E-state index contributed by atoms with van der Waals surface area (Å²) >= 11 is 6.01. The van der Waals surface area contributed by atoms with Crippen molar-refractivity contribution < 1.29 is 17.9 Å². The van der Waals surface area contributed by atoms with Crippen LogP contribution < -0.4 is 5.56 Å². The zero-order valence-corrected chi connectivity index (χ0v) is 21.4. The van der Waals surface area contributed by atoms with Gasteiger partial charge in [-0.2, -0.15) is 4.31 Å². The van der Waals surface area contributed by atoms with Crippen LogP contribution in [0.1, 0.15) is 40.5 Å². The average Bonchev–Trinajstić information content (AvgIpc) is 3.32. The van der Waals surface area contributed by atoms with Crippen LogP contribution in [0.4, 0.5) is 0 Å². The molecule has 0 aliphatic carbocycles. The van der Waals surface area contributed by atoms with Crippen LogP contribution in [0.2, 0.25) is 5.02 Å². The molecule has 4 aromatic rings. The normalized spacial score (nSPS) is 16.6. The smallest absolute Gasteiger partial charge is 0.337 e. The number of nitrogens with one attached hydrogen (secondary N) is 1. The Labute approximate surface area is 217 Å². The Morgan fingerprint density at radius 2 is 2.00 bits per heavy atom. The first-order chi connectivity index (χ1) is 17.8. The summed E-state index contributed by atoms with van der Waals surface area (Å²) < 4.78 is 34.1. The molecule has 0 radical (unpaired) electrons. The standard InChI is InChI=1S/C24H23ClN6O5S/c1-36-24(33)16-9-7-15(8-10-16)13-31-22-20(28-29-31)23(32)27-21(26-22)17-4-3-11-30(14-17)37(34,35)19-6-2-5-18(25)12-19/h2,5-10,12,17H,3-4,11,13-14H2,1H3,(H,26,27,32)/t17-/m1/s1. The van der Waals surface area contributed by atoms with Gasteiger partial charge in [0, 0.05) is 24.0 Å². The van der Waals surface area contributed by atoms with Gasteiger partial charge in [-0.3, -0.25) is 4.79 Å². The van der Waals surface area contributed by atoms with Crippen molar-refractivity contribution in [3.63, 3.8) is 0 Å². The molecule has 5 rings (SSSR count). The number of carbonyl (C=O) groups excluding carboxylic acids is 1. The number of sulfonamides is 1. The highest BCUT2D eigenvalue weighted by molar-refractivity contribution is 7.89. The van der Waals surface area contributed by atoms with Crippen molar-refractivity contribution in [3.8, 4) is 0 Å². The number of aromatic amines is 1. The number of fused-ring (bicyclic) bond motifs is 1. The molecule has 0 saturated carbocycles. The Morgan fingerprint density at radius 3 is 2.73 bits per heavy atom. The van der Waals surface area contributed by atoms with Gasteiger partial charge in [-0.05, 0) is 48.7 Å². The van der Waals surface area contributed by atoms with E-state index in [0.717, 1.165) is 5.56 Å². The van der Waals surface area contributed by atoms with E-state index in [4.69, 9.17) is 16.3 Å². The molecule has 2 aromatic carbocycles. The SMILES string of the molecule is COC(=O)c1ccc(Cn2nnc3c(=O)[nH]c([C@@H]4CCCN(S(=O)(=O)c5cccc(Cl)c5)C4)nc32)cc1. The van der Waals surface area contributed by atoms with Gasteiger partial charge >= 0.3 is 5.97 Å². The lowest BCUT2D eigenvalue weighted by Gasteiger charge is -2.31. The highest BCUT2D eigenvalue weighted by atomic mass is 35.5. The minimum Gasteiger partial charge on any atom is -0.465 e. The summed E-state index contributed by atoms with van der Waals surface area (Å²) in [4.78, 5) is 32.0. The van der Waals surface area contributed by atoms with E-state index in [0.29, 0.717) is 41.4 Å². The summed E-state index contributed by atoms with van der Waals surface area (Å²) in [6.45, 7) is 0.798. The highest BCUT2D eigenvalue weighted by Crippen LogP contribution is 2.29. The Hall–Kier alpha value is -3.61. The molecule has 13 heteroatoms. The molecule has 0 bridgehead atoms. The molecule has 0 unspecified atom stereocenters. The number of nitrogens with zero attached hydrogens (tertiary/aromatic N) is 5. The Bertz CT molecular complexity index is 1630. The maximum atomic E-state index is 13.2. The van der Waals surface area contributed by atoms with Crippen LogP contribution in [0, 0.1) is 0 Å². The monoisotopic (exact) mass is 542 g/mol. The first-order valence-electron chi connectivity index (χ1n) is 11.5. The van der Waals surface area contributed by atoms with E-state index >= 15 is 0 Å². The highest BCUT2D eigenvalue weighted by Gasteiger charge is 2.32. The van der Waals surface area contributed by atoms with E-state index in [1.165, 1.54) is 28.2 Å². The minimum absolute atomic E-state index is 0.0918. The second-order valence-electron chi connectivity index (χ2n) is 8.72. The summed E-state index contributed by atoms with van der Waals surface area (Å²) in [5.74, 6) is -0.370. The third kappa shape index (κ3) is 4.99. The molecule has 2 aromatic heterocycles. The number of halogens is 1. The summed E-state index contributed by atoms with van der Waals surface area (Å²) in [7, 11) is -2.45. The summed E-state index contributed by atoms with van der Waals surface area (Å²) in [5, 5.41) is 8.40. The van der Waals surface area contributed by atoms with Crippen molar-refractivity contribution >= 4 is 38.8 Å². The van der Waals surface area contributed by atoms with Gasteiger partial charge in [0.15, 0.2) is 11.2 Å². The van der Waals surface area contributed by atoms with Gasteiger partial charge in [-0.1, -0.05) is 35.0 Å². The number of carbonyl (C=O) groups is 1. The number of piperidine rings is 1. The zero-order chi connectivity index (χ0) is 26.2. The fraction of sp³-hybridized carbons (Fsp3) is 0.292. The van der Waals surface area contributed by atoms with Crippen LogP contribution in [-0.2, 0) is 21.3 Å². The van der Waals surface area contributed by atoms with Gasteiger partial charge in [0.1, 0.15) is 5.82 Å². The molecule has 1 atom stereocenters. The van der Waals surface area contributed by atoms with Crippen LogP contribution >= 0.6 is 11.6 Å². The van der Waals surface area contributed by atoms with Crippen molar-refractivity contribution in [3.05, 3.63) is 80.9 Å². The maximum Gasteiger partial charge on any atom is 0.337 e. The van der Waals surface area contributed by atoms with Crippen LogP contribution in [0.25, 0.3) is 11.2 Å². The van der Waals surface area contributed by atoms with Crippen LogP contribution in [-0.4, -0.2) is 63.9 Å². The van der Waals surface area contributed by atoms with Gasteiger partial charge < -0.3 is 9.72 Å². The van der Waals surface area contributed by atoms with Crippen molar-refractivity contribution in [2.45, 2.75) is 30.2 Å². The first kappa shape index (κ1) is 25.1. The molecular formula is C24H23ClN6O5S. The van der Waals surface area contributed by atoms with E-state index in [-0.39, 0.29) is 29.4 Å². The van der Waals surface area contributed by atoms with E-state index in [1.807, 2.05) is 0 Å². The number of esters is 1. The third-order valence-electron chi connectivity index (χ3n) is 6.30. The molecule has 1 aliphatic rings. The Balaban J connectivity index is 1.42. The Kier molecular flexibility index (Phi) is 6.80. The lowest BCUT2D eigenvalue weighted by Crippen LogP contribution is -2.39. The molecule has 1 saturated heterocycles. The number of aromatic nitrogens is 5. The predicted octanol–water partition coefficient (Wildman–Crippen LogP) is 2.57. The molecule has 192 valence electrons. The summed E-state index contributed by atoms with van der Waals surface area (Å²) in [5.41, 5.74) is 1.18. The number of hydrogen-bond acceptors (Lipinski definition) is 8. The first-order valence-corrected chi connectivity index (χ1v) is 13.3. The predicted molar refractivity (Wildman–Crippen MR) is 135 cm³/mol. The largest absolute Gasteiger partial charge is 0.465 e. The van der Waals surface area contributed by atoms with E-state index < -0.39 is 21.6 Å². The second kappa shape index (κ2) is 10.0. The topological polar surface area (TPSA) is 140 Å². The number of methoxy groups -OCH3 is 1. The van der Waals surface area contributed by atoms with Crippen molar-refractivity contribution in [1.29, 1.82) is 0 Å². The molecular weight excluding hydrogens is 520 g/mol. The number of rotatable bonds is 6. The van der Waals surface area contributed by atoms with Crippen LogP contribution in [0.3, 0.4) is 0 Å². The summed E-state index contributed by atoms with van der Waals surface area (Å²) in [6, 6.07) is 13.0. The number of H-pyrrole nitrogens is 1. The number of hydrogen-bond donors (Lipinski definition) is 1. The molecule has 1 aliphatic heterocycles. The number of benzene rings is 2. The zero-order valence-electron chi connectivity index (χ0n) is 19.8. The molecule has 0 amide bonds. The lowest BCUT2D eigenvalue weighted by molar-refractivity contribution is 0.0600. The van der Waals surface area contributed by atoms with Gasteiger partial charge in [0.25, 0.3) is 5.56 Å². The van der Waals surface area contributed by atoms with Crippen molar-refractivity contribution in [2.24, 2.45) is 0 Å². The third-order valence-corrected chi connectivity index (χ3v) is 8.40. The molecule has 1 N–H and O–H groups in total. The summed E-state index contributed by atoms with van der Waals surface area (Å²) in [6.07, 6.45) is 1.27. The number of ether oxygens (including phenoxy) is 1. The van der Waals surface area contributed by atoms with Crippen molar-refractivity contribution in [1.82, 2.24) is 29.3 Å². The van der Waals surface area contributed by atoms with Crippen LogP contribution in [0.15, 0.2) is 58.2 Å². The van der Waals surface area contributed by atoms with Gasteiger partial charge in [-0.15, -0.1) is 5.10 Å². The van der Waals surface area contributed by atoms with Gasteiger partial charge in [0.2, 0.25) is 10.0 Å². The minimum atomic E-state index is -3.76. The maximum absolute atomic E-state index is 13.2. The molecule has 0 spiro atoms. The fourth-order valence-electron chi connectivity index (χ4n) is 4.38. The molecule has 11 nitrogen and oxygen atoms in total. The quantitative estimate of drug-likeness (QED) is 0.367.